The van der Waals surface area contributed by atoms with Crippen molar-refractivity contribution in [3.8, 4) is 0 Å². The lowest BCUT2D eigenvalue weighted by molar-refractivity contribution is -0.145. The van der Waals surface area contributed by atoms with Crippen LogP contribution in [0.4, 0.5) is 0 Å². The fraction of sp³-hybridized carbons (Fsp3) is 0.455. The van der Waals surface area contributed by atoms with Crippen LogP contribution in [0.25, 0.3) is 0 Å². The third-order valence-corrected chi connectivity index (χ3v) is 2.82. The molecule has 0 aromatic carbocycles. The van der Waals surface area contributed by atoms with Crippen LogP contribution < -0.4 is 0 Å². The third-order valence-electron chi connectivity index (χ3n) is 2.82. The number of carbonyl (C=O) groups excluding carboxylic acids is 2. The Bertz CT molecular complexity index is 451. The molecule has 1 aliphatic heterocycles. The SMILES string of the molecule is COC(=O)C1CC(O)CN1C(=O)c1cncnc1. The first-order valence-corrected chi connectivity index (χ1v) is 5.45. The second kappa shape index (κ2) is 5.09. The van der Waals surface area contributed by atoms with Gasteiger partial charge in [0.05, 0.1) is 18.8 Å². The van der Waals surface area contributed by atoms with E-state index in [1.807, 2.05) is 0 Å². The maximum Gasteiger partial charge on any atom is 0.328 e. The normalized spacial score (nSPS) is 22.9. The van der Waals surface area contributed by atoms with E-state index in [1.165, 1.54) is 30.7 Å². The van der Waals surface area contributed by atoms with Crippen LogP contribution in [-0.2, 0) is 9.53 Å². The molecule has 96 valence electrons. The van der Waals surface area contributed by atoms with Gasteiger partial charge >= 0.3 is 5.97 Å². The lowest BCUT2D eigenvalue weighted by atomic mass is 10.2. The van der Waals surface area contributed by atoms with Gasteiger partial charge in [-0.3, -0.25) is 4.79 Å². The molecule has 7 heteroatoms. The first-order valence-electron chi connectivity index (χ1n) is 5.45. The maximum atomic E-state index is 12.2. The van der Waals surface area contributed by atoms with Gasteiger partial charge in [-0.1, -0.05) is 0 Å². The molecule has 2 unspecified atom stereocenters. The van der Waals surface area contributed by atoms with Crippen LogP contribution in [0.3, 0.4) is 0 Å². The van der Waals surface area contributed by atoms with Crippen LogP contribution >= 0.6 is 0 Å². The highest BCUT2D eigenvalue weighted by atomic mass is 16.5. The Balaban J connectivity index is 2.21. The van der Waals surface area contributed by atoms with Gasteiger partial charge in [0.15, 0.2) is 0 Å². The summed E-state index contributed by atoms with van der Waals surface area (Å²) in [5.74, 6) is -0.917. The molecule has 1 aromatic rings. The summed E-state index contributed by atoms with van der Waals surface area (Å²) in [6.07, 6.45) is 3.52. The number of aromatic nitrogens is 2. The molecule has 2 heterocycles. The third kappa shape index (κ3) is 2.30. The minimum atomic E-state index is -0.752. The summed E-state index contributed by atoms with van der Waals surface area (Å²) in [7, 11) is 1.25. The van der Waals surface area contributed by atoms with E-state index in [2.05, 4.69) is 14.7 Å². The highest BCUT2D eigenvalue weighted by molar-refractivity contribution is 5.96. The zero-order chi connectivity index (χ0) is 13.1. The molecule has 0 bridgehead atoms. The Morgan fingerprint density at radius 1 is 1.44 bits per heavy atom. The van der Waals surface area contributed by atoms with Crippen LogP contribution in [0.5, 0.6) is 0 Å². The monoisotopic (exact) mass is 251 g/mol. The summed E-state index contributed by atoms with van der Waals surface area (Å²) in [6, 6.07) is -0.752. The van der Waals surface area contributed by atoms with E-state index in [1.54, 1.807) is 0 Å². The van der Waals surface area contributed by atoms with Gasteiger partial charge in [0.2, 0.25) is 0 Å². The lowest BCUT2D eigenvalue weighted by Crippen LogP contribution is -2.41. The van der Waals surface area contributed by atoms with Crippen molar-refractivity contribution in [2.75, 3.05) is 13.7 Å². The van der Waals surface area contributed by atoms with Crippen molar-refractivity contribution < 1.29 is 19.4 Å². The predicted molar refractivity (Wildman–Crippen MR) is 59.5 cm³/mol. The Morgan fingerprint density at radius 3 is 2.72 bits per heavy atom. The van der Waals surface area contributed by atoms with Crippen LogP contribution in [0.15, 0.2) is 18.7 Å². The quantitative estimate of drug-likeness (QED) is 0.693. The molecule has 1 aliphatic rings. The van der Waals surface area contributed by atoms with Gasteiger partial charge in [0.1, 0.15) is 12.4 Å². The summed E-state index contributed by atoms with van der Waals surface area (Å²) in [4.78, 5) is 32.5. The number of nitrogens with zero attached hydrogens (tertiary/aromatic N) is 3. The van der Waals surface area contributed by atoms with Crippen molar-refractivity contribution in [3.63, 3.8) is 0 Å². The molecule has 0 saturated carbocycles. The number of rotatable bonds is 2. The predicted octanol–water partition coefficient (Wildman–Crippen LogP) is -0.775. The van der Waals surface area contributed by atoms with Crippen LogP contribution in [0.2, 0.25) is 0 Å². The van der Waals surface area contributed by atoms with E-state index in [0.29, 0.717) is 0 Å². The van der Waals surface area contributed by atoms with E-state index in [0.717, 1.165) is 0 Å². The van der Waals surface area contributed by atoms with Crippen LogP contribution in [0.1, 0.15) is 16.8 Å². The fourth-order valence-electron chi connectivity index (χ4n) is 1.97. The van der Waals surface area contributed by atoms with Gasteiger partial charge in [0.25, 0.3) is 5.91 Å². The molecule has 18 heavy (non-hydrogen) atoms. The topological polar surface area (TPSA) is 92.6 Å². The van der Waals surface area contributed by atoms with Crippen molar-refractivity contribution in [3.05, 3.63) is 24.3 Å². The standard InChI is InChI=1S/C11H13N3O4/c1-18-11(17)9-2-8(15)5-14(9)10(16)7-3-12-6-13-4-7/h3-4,6,8-9,15H,2,5H2,1H3. The Kier molecular flexibility index (Phi) is 3.52. The second-order valence-electron chi connectivity index (χ2n) is 4.01. The number of carbonyl (C=O) groups is 2. The minimum Gasteiger partial charge on any atom is -0.467 e. The van der Waals surface area contributed by atoms with Crippen molar-refractivity contribution >= 4 is 11.9 Å². The molecule has 1 aromatic heterocycles. The number of hydrogen-bond acceptors (Lipinski definition) is 6. The van der Waals surface area contributed by atoms with E-state index in [9.17, 15) is 14.7 Å². The number of likely N-dealkylation sites (tertiary alicyclic amines) is 1. The Morgan fingerprint density at radius 2 is 2.11 bits per heavy atom. The zero-order valence-corrected chi connectivity index (χ0v) is 9.81. The zero-order valence-electron chi connectivity index (χ0n) is 9.81. The molecular weight excluding hydrogens is 238 g/mol. The van der Waals surface area contributed by atoms with Gasteiger partial charge in [0, 0.05) is 25.4 Å². The molecule has 1 amide bonds. The van der Waals surface area contributed by atoms with Crippen molar-refractivity contribution in [2.24, 2.45) is 0 Å². The molecule has 2 atom stereocenters. The molecular formula is C11H13N3O4. The summed E-state index contributed by atoms with van der Waals surface area (Å²) in [6.45, 7) is 0.105. The molecule has 0 radical (unpaired) electrons. The average molecular weight is 251 g/mol. The first-order chi connectivity index (χ1) is 8.63. The number of amides is 1. The molecule has 1 saturated heterocycles. The molecule has 1 fully saturated rings. The molecule has 7 nitrogen and oxygen atoms in total. The number of aliphatic hydroxyl groups excluding tert-OH is 1. The van der Waals surface area contributed by atoms with Gasteiger partial charge in [-0.2, -0.15) is 0 Å². The summed E-state index contributed by atoms with van der Waals surface area (Å²) >= 11 is 0. The Hall–Kier alpha value is -2.02. The van der Waals surface area contributed by atoms with Crippen LogP contribution in [-0.4, -0.2) is 57.7 Å². The van der Waals surface area contributed by atoms with E-state index in [-0.39, 0.29) is 24.4 Å². The largest absolute Gasteiger partial charge is 0.467 e. The molecule has 0 spiro atoms. The smallest absolute Gasteiger partial charge is 0.328 e. The molecule has 0 aliphatic carbocycles. The van der Waals surface area contributed by atoms with E-state index >= 15 is 0 Å². The highest BCUT2D eigenvalue weighted by Gasteiger charge is 2.40. The van der Waals surface area contributed by atoms with Gasteiger partial charge in [-0.15, -0.1) is 0 Å². The Labute approximate surface area is 103 Å². The van der Waals surface area contributed by atoms with E-state index < -0.39 is 18.1 Å². The fourth-order valence-corrected chi connectivity index (χ4v) is 1.97. The maximum absolute atomic E-state index is 12.2. The second-order valence-corrected chi connectivity index (χ2v) is 4.01. The molecule has 2 rings (SSSR count). The van der Waals surface area contributed by atoms with E-state index in [4.69, 9.17) is 0 Å². The summed E-state index contributed by atoms with van der Waals surface area (Å²) in [5, 5.41) is 9.58. The average Bonchev–Trinajstić information content (AvgIpc) is 2.80. The van der Waals surface area contributed by atoms with Crippen molar-refractivity contribution in [1.82, 2.24) is 14.9 Å². The highest BCUT2D eigenvalue weighted by Crippen LogP contribution is 2.21. The number of hydrogen-bond donors (Lipinski definition) is 1. The van der Waals surface area contributed by atoms with Gasteiger partial charge in [-0.05, 0) is 0 Å². The number of ether oxygens (including phenoxy) is 1. The van der Waals surface area contributed by atoms with Gasteiger partial charge < -0.3 is 14.7 Å². The first kappa shape index (κ1) is 12.4. The number of methoxy groups -OCH3 is 1. The van der Waals surface area contributed by atoms with Crippen molar-refractivity contribution in [2.45, 2.75) is 18.6 Å². The van der Waals surface area contributed by atoms with Gasteiger partial charge in [-0.25, -0.2) is 14.8 Å². The molecule has 1 N–H and O–H groups in total. The number of esters is 1. The lowest BCUT2D eigenvalue weighted by Gasteiger charge is -2.21. The number of β-amino-alcohol motifs (C(OH)–C–C–N with tert-alkyl or cyclic N) is 1. The van der Waals surface area contributed by atoms with Crippen LogP contribution in [0, 0.1) is 0 Å². The minimum absolute atomic E-state index is 0.105. The summed E-state index contributed by atoms with van der Waals surface area (Å²) < 4.78 is 4.62. The number of aliphatic hydroxyl groups is 1. The summed E-state index contributed by atoms with van der Waals surface area (Å²) in [5.41, 5.74) is 0.278. The van der Waals surface area contributed by atoms with Crippen molar-refractivity contribution in [1.29, 1.82) is 0 Å².